The van der Waals surface area contributed by atoms with E-state index >= 15 is 0 Å². The first-order valence-corrected chi connectivity index (χ1v) is 12.7. The fraction of sp³-hybridized carbons (Fsp3) is 0.448. The molecule has 0 saturated carbocycles. The van der Waals surface area contributed by atoms with Crippen molar-refractivity contribution in [3.05, 3.63) is 71.4 Å². The first-order chi connectivity index (χ1) is 16.6. The molecule has 1 aliphatic heterocycles. The Morgan fingerprint density at radius 1 is 1.09 bits per heavy atom. The van der Waals surface area contributed by atoms with E-state index in [4.69, 9.17) is 4.74 Å². The molecule has 1 aromatic heterocycles. The highest BCUT2D eigenvalue weighted by atomic mass is 16.5. The van der Waals surface area contributed by atoms with E-state index in [-0.39, 0.29) is 5.91 Å². The van der Waals surface area contributed by atoms with Crippen LogP contribution >= 0.6 is 0 Å². The van der Waals surface area contributed by atoms with E-state index in [0.29, 0.717) is 18.4 Å². The molecule has 1 unspecified atom stereocenters. The summed E-state index contributed by atoms with van der Waals surface area (Å²) in [5.41, 5.74) is 4.02. The lowest BCUT2D eigenvalue weighted by molar-refractivity contribution is 0.0772. The molecule has 5 heteroatoms. The summed E-state index contributed by atoms with van der Waals surface area (Å²) in [6.45, 7) is 10.3. The Labute approximate surface area is 203 Å². The second-order valence-electron chi connectivity index (χ2n) is 9.21. The van der Waals surface area contributed by atoms with Gasteiger partial charge < -0.3 is 15.0 Å². The molecule has 1 N–H and O–H groups in total. The van der Waals surface area contributed by atoms with Crippen LogP contribution < -0.4 is 10.1 Å². The molecule has 5 nitrogen and oxygen atoms in total. The van der Waals surface area contributed by atoms with Crippen molar-refractivity contribution in [1.29, 1.82) is 0 Å². The molecule has 3 aromatic rings. The number of hydrogen-bond acceptors (Lipinski definition) is 4. The van der Waals surface area contributed by atoms with Crippen LogP contribution in [0.5, 0.6) is 5.75 Å². The fourth-order valence-corrected chi connectivity index (χ4v) is 5.17. The second kappa shape index (κ2) is 11.5. The Balaban J connectivity index is 1.53. The smallest absolute Gasteiger partial charge is 0.253 e. The topological polar surface area (TPSA) is 54.5 Å². The predicted molar refractivity (Wildman–Crippen MR) is 139 cm³/mol. The van der Waals surface area contributed by atoms with Crippen molar-refractivity contribution in [3.8, 4) is 5.75 Å². The summed E-state index contributed by atoms with van der Waals surface area (Å²) in [4.78, 5) is 19.5. The second-order valence-corrected chi connectivity index (χ2v) is 9.21. The van der Waals surface area contributed by atoms with Crippen LogP contribution in [0, 0.1) is 12.8 Å². The van der Waals surface area contributed by atoms with Crippen molar-refractivity contribution in [2.24, 2.45) is 5.92 Å². The number of rotatable bonds is 9. The number of aromatic nitrogens is 1. The van der Waals surface area contributed by atoms with E-state index in [1.807, 2.05) is 62.1 Å². The Kier molecular flexibility index (Phi) is 8.17. The number of benzene rings is 2. The number of aryl methyl sites for hydroxylation is 1. The van der Waals surface area contributed by atoms with Gasteiger partial charge in [0.1, 0.15) is 5.75 Å². The van der Waals surface area contributed by atoms with Crippen LogP contribution in [0.4, 0.5) is 0 Å². The number of hydrogen-bond donors (Lipinski definition) is 1. The van der Waals surface area contributed by atoms with Crippen LogP contribution in [0.2, 0.25) is 0 Å². The van der Waals surface area contributed by atoms with E-state index < -0.39 is 0 Å². The van der Waals surface area contributed by atoms with Crippen LogP contribution in [-0.4, -0.2) is 48.6 Å². The van der Waals surface area contributed by atoms with Crippen molar-refractivity contribution in [2.45, 2.75) is 46.0 Å². The third-order valence-corrected chi connectivity index (χ3v) is 7.08. The molecule has 2 aromatic carbocycles. The highest BCUT2D eigenvalue weighted by Gasteiger charge is 2.26. The van der Waals surface area contributed by atoms with Crippen molar-refractivity contribution < 1.29 is 9.53 Å². The molecule has 0 aliphatic carbocycles. The molecule has 1 aliphatic rings. The number of carbonyl (C=O) groups is 1. The van der Waals surface area contributed by atoms with Crippen molar-refractivity contribution in [1.82, 2.24) is 15.2 Å². The normalized spacial score (nSPS) is 15.3. The summed E-state index contributed by atoms with van der Waals surface area (Å²) in [6.07, 6.45) is 3.22. The maximum absolute atomic E-state index is 13.0. The van der Waals surface area contributed by atoms with E-state index in [2.05, 4.69) is 28.5 Å². The molecule has 1 amide bonds. The van der Waals surface area contributed by atoms with E-state index in [0.717, 1.165) is 73.4 Å². The van der Waals surface area contributed by atoms with Gasteiger partial charge in [-0.2, -0.15) is 0 Å². The zero-order valence-electron chi connectivity index (χ0n) is 20.7. The average Bonchev–Trinajstić information content (AvgIpc) is 2.87. The monoisotopic (exact) mass is 459 g/mol. The number of nitrogens with zero attached hydrogens (tertiary/aromatic N) is 2. The summed E-state index contributed by atoms with van der Waals surface area (Å²) >= 11 is 0. The van der Waals surface area contributed by atoms with Crippen LogP contribution in [-0.2, 0) is 0 Å². The number of ether oxygens (including phenoxy) is 1. The minimum atomic E-state index is 0.116. The Morgan fingerprint density at radius 2 is 1.85 bits per heavy atom. The SMILES string of the molecule is CCN(CC)C(=O)c1cccc(C(CCOc2cccc3nc(C)ccc23)C2CCNCC2)c1. The summed E-state index contributed by atoms with van der Waals surface area (Å²) in [7, 11) is 0. The van der Waals surface area contributed by atoms with Gasteiger partial charge in [-0.15, -0.1) is 0 Å². The van der Waals surface area contributed by atoms with Gasteiger partial charge in [-0.05, 0) is 107 Å². The van der Waals surface area contributed by atoms with Crippen LogP contribution in [0.15, 0.2) is 54.6 Å². The van der Waals surface area contributed by atoms with E-state index in [1.165, 1.54) is 5.56 Å². The third kappa shape index (κ3) is 5.58. The maximum Gasteiger partial charge on any atom is 0.253 e. The molecular weight excluding hydrogens is 422 g/mol. The number of carbonyl (C=O) groups excluding carboxylic acids is 1. The summed E-state index contributed by atoms with van der Waals surface area (Å²) in [5.74, 6) is 1.95. The molecular formula is C29H37N3O2. The van der Waals surface area contributed by atoms with Gasteiger partial charge in [-0.25, -0.2) is 0 Å². The number of piperidine rings is 1. The minimum Gasteiger partial charge on any atom is -0.493 e. The first kappa shape index (κ1) is 24.2. The minimum absolute atomic E-state index is 0.116. The number of amides is 1. The summed E-state index contributed by atoms with van der Waals surface area (Å²) in [6, 6.07) is 18.5. The highest BCUT2D eigenvalue weighted by molar-refractivity contribution is 5.94. The quantitative estimate of drug-likeness (QED) is 0.454. The van der Waals surface area contributed by atoms with Gasteiger partial charge in [0, 0.05) is 29.7 Å². The van der Waals surface area contributed by atoms with Gasteiger partial charge in [0.25, 0.3) is 5.91 Å². The lowest BCUT2D eigenvalue weighted by Crippen LogP contribution is -2.32. The lowest BCUT2D eigenvalue weighted by atomic mass is 9.78. The van der Waals surface area contributed by atoms with Gasteiger partial charge >= 0.3 is 0 Å². The molecule has 34 heavy (non-hydrogen) atoms. The number of nitrogens with one attached hydrogen (secondary N) is 1. The van der Waals surface area contributed by atoms with Crippen LogP contribution in [0.25, 0.3) is 10.9 Å². The summed E-state index contributed by atoms with van der Waals surface area (Å²) < 4.78 is 6.32. The van der Waals surface area contributed by atoms with Gasteiger partial charge in [0.05, 0.1) is 12.1 Å². The average molecular weight is 460 g/mol. The zero-order valence-corrected chi connectivity index (χ0v) is 20.7. The van der Waals surface area contributed by atoms with Crippen molar-refractivity contribution in [2.75, 3.05) is 32.8 Å². The maximum atomic E-state index is 13.0. The Hall–Kier alpha value is -2.92. The molecule has 2 heterocycles. The van der Waals surface area contributed by atoms with Gasteiger partial charge in [0.2, 0.25) is 0 Å². The van der Waals surface area contributed by atoms with Crippen molar-refractivity contribution in [3.63, 3.8) is 0 Å². The van der Waals surface area contributed by atoms with Gasteiger partial charge in [-0.3, -0.25) is 9.78 Å². The van der Waals surface area contributed by atoms with E-state index in [9.17, 15) is 4.79 Å². The van der Waals surface area contributed by atoms with E-state index in [1.54, 1.807) is 0 Å². The van der Waals surface area contributed by atoms with Crippen molar-refractivity contribution >= 4 is 16.8 Å². The van der Waals surface area contributed by atoms with Crippen LogP contribution in [0.1, 0.15) is 60.6 Å². The number of fused-ring (bicyclic) bond motifs is 1. The Bertz CT molecular complexity index is 1100. The first-order valence-electron chi connectivity index (χ1n) is 12.7. The molecule has 1 saturated heterocycles. The number of pyridine rings is 1. The van der Waals surface area contributed by atoms with Gasteiger partial charge in [0.15, 0.2) is 0 Å². The van der Waals surface area contributed by atoms with Gasteiger partial charge in [-0.1, -0.05) is 18.2 Å². The molecule has 4 rings (SSSR count). The Morgan fingerprint density at radius 3 is 2.62 bits per heavy atom. The standard InChI is InChI=1S/C29H37N3O2/c1-4-32(5-2)29(33)24-9-6-8-23(20-24)25(22-14-17-30-18-15-22)16-19-34-28-11-7-10-27-26(28)13-12-21(3)31-27/h6-13,20,22,25,30H,4-5,14-19H2,1-3H3. The molecule has 1 atom stereocenters. The predicted octanol–water partition coefficient (Wildman–Crippen LogP) is 5.58. The zero-order chi connectivity index (χ0) is 23.9. The largest absolute Gasteiger partial charge is 0.493 e. The molecule has 180 valence electrons. The lowest BCUT2D eigenvalue weighted by Gasteiger charge is -2.31. The molecule has 1 fully saturated rings. The fourth-order valence-electron chi connectivity index (χ4n) is 5.17. The third-order valence-electron chi connectivity index (χ3n) is 7.08. The highest BCUT2D eigenvalue weighted by Crippen LogP contribution is 2.35. The summed E-state index contributed by atoms with van der Waals surface area (Å²) in [5, 5.41) is 4.54. The molecule has 0 radical (unpaired) electrons. The molecule has 0 bridgehead atoms. The van der Waals surface area contributed by atoms with Crippen LogP contribution in [0.3, 0.4) is 0 Å². The molecule has 0 spiro atoms.